The number of morpholine rings is 1. The third-order valence-corrected chi connectivity index (χ3v) is 6.29. The molecule has 24 heavy (non-hydrogen) atoms. The van der Waals surface area contributed by atoms with Crippen LogP contribution in [0.2, 0.25) is 0 Å². The highest BCUT2D eigenvalue weighted by Gasteiger charge is 2.24. The number of likely N-dealkylation sites (N-methyl/N-ethyl adjacent to an activating group) is 1. The maximum Gasteiger partial charge on any atom is 0.140 e. The van der Waals surface area contributed by atoms with E-state index in [1.54, 1.807) is 6.33 Å². The zero-order valence-electron chi connectivity index (χ0n) is 14.8. The van der Waals surface area contributed by atoms with Gasteiger partial charge in [0.2, 0.25) is 0 Å². The smallest absolute Gasteiger partial charge is 0.140 e. The Morgan fingerprint density at radius 1 is 1.25 bits per heavy atom. The Balaban J connectivity index is 1.50. The molecule has 1 aliphatic carbocycles. The first-order valence-corrected chi connectivity index (χ1v) is 9.77. The molecule has 0 spiro atoms. The van der Waals surface area contributed by atoms with Gasteiger partial charge in [-0.05, 0) is 38.7 Å². The van der Waals surface area contributed by atoms with Crippen molar-refractivity contribution in [3.05, 3.63) is 16.8 Å². The zero-order chi connectivity index (χ0) is 16.7. The average Bonchev–Trinajstić information content (AvgIpc) is 3.12. The number of rotatable bonds is 4. The van der Waals surface area contributed by atoms with Crippen molar-refractivity contribution in [3.8, 4) is 0 Å². The van der Waals surface area contributed by atoms with Crippen LogP contribution in [0.25, 0.3) is 10.2 Å². The molecule has 0 aromatic carbocycles. The molecule has 130 valence electrons. The van der Waals surface area contributed by atoms with E-state index in [2.05, 4.69) is 40.7 Å². The number of anilines is 1. The minimum absolute atomic E-state index is 0.324. The first kappa shape index (κ1) is 16.2. The van der Waals surface area contributed by atoms with E-state index in [9.17, 15) is 0 Å². The molecule has 0 saturated carbocycles. The van der Waals surface area contributed by atoms with Crippen molar-refractivity contribution < 1.29 is 4.74 Å². The molecular weight excluding hydrogens is 320 g/mol. The number of ether oxygens (including phenoxy) is 1. The SMILES string of the molecule is C[C@@H]1CN(CCN(C)c2ncnc3sc4c(c23)CCC4)C[C@H](C)O1. The van der Waals surface area contributed by atoms with Crippen LogP contribution in [0, 0.1) is 0 Å². The third kappa shape index (κ3) is 3.03. The van der Waals surface area contributed by atoms with Gasteiger partial charge in [0.1, 0.15) is 17.0 Å². The highest BCUT2D eigenvalue weighted by molar-refractivity contribution is 7.19. The predicted molar refractivity (Wildman–Crippen MR) is 99.2 cm³/mol. The number of thiophene rings is 1. The summed E-state index contributed by atoms with van der Waals surface area (Å²) in [5.41, 5.74) is 1.51. The van der Waals surface area contributed by atoms with Crippen LogP contribution in [-0.4, -0.2) is 60.3 Å². The van der Waals surface area contributed by atoms with Crippen LogP contribution >= 0.6 is 11.3 Å². The van der Waals surface area contributed by atoms with Crippen molar-refractivity contribution in [1.82, 2.24) is 14.9 Å². The molecule has 2 aromatic heterocycles. The monoisotopic (exact) mass is 346 g/mol. The van der Waals surface area contributed by atoms with E-state index in [0.717, 1.165) is 36.8 Å². The summed E-state index contributed by atoms with van der Waals surface area (Å²) in [6.45, 7) is 8.39. The highest BCUT2D eigenvalue weighted by Crippen LogP contribution is 2.39. The Kier molecular flexibility index (Phi) is 4.45. The number of hydrogen-bond donors (Lipinski definition) is 0. The third-order valence-electron chi connectivity index (χ3n) is 5.09. The van der Waals surface area contributed by atoms with Crippen molar-refractivity contribution in [2.75, 3.05) is 38.1 Å². The van der Waals surface area contributed by atoms with Gasteiger partial charge in [-0.25, -0.2) is 9.97 Å². The minimum Gasteiger partial charge on any atom is -0.373 e. The largest absolute Gasteiger partial charge is 0.373 e. The van der Waals surface area contributed by atoms with Crippen LogP contribution in [-0.2, 0) is 17.6 Å². The van der Waals surface area contributed by atoms with E-state index in [1.807, 2.05) is 11.3 Å². The van der Waals surface area contributed by atoms with E-state index in [4.69, 9.17) is 4.74 Å². The molecular formula is C18H26N4OS. The van der Waals surface area contributed by atoms with Crippen LogP contribution in [0.1, 0.15) is 30.7 Å². The molecule has 1 aliphatic heterocycles. The fourth-order valence-corrected chi connectivity index (χ4v) is 5.29. The molecule has 5 nitrogen and oxygen atoms in total. The van der Waals surface area contributed by atoms with Crippen molar-refractivity contribution in [1.29, 1.82) is 0 Å². The van der Waals surface area contributed by atoms with Gasteiger partial charge in [-0.15, -0.1) is 11.3 Å². The summed E-state index contributed by atoms with van der Waals surface area (Å²) >= 11 is 1.86. The van der Waals surface area contributed by atoms with Crippen molar-refractivity contribution in [3.63, 3.8) is 0 Å². The molecule has 0 radical (unpaired) electrons. The fraction of sp³-hybridized carbons (Fsp3) is 0.667. The lowest BCUT2D eigenvalue weighted by Crippen LogP contribution is -2.47. The Morgan fingerprint density at radius 3 is 2.83 bits per heavy atom. The number of hydrogen-bond acceptors (Lipinski definition) is 6. The first-order chi connectivity index (χ1) is 11.6. The highest BCUT2D eigenvalue weighted by atomic mass is 32.1. The lowest BCUT2D eigenvalue weighted by atomic mass is 10.2. The zero-order valence-corrected chi connectivity index (χ0v) is 15.6. The Morgan fingerprint density at radius 2 is 2.04 bits per heavy atom. The van der Waals surface area contributed by atoms with Gasteiger partial charge < -0.3 is 9.64 Å². The Hall–Kier alpha value is -1.24. The van der Waals surface area contributed by atoms with Gasteiger partial charge in [0, 0.05) is 38.1 Å². The quantitative estimate of drug-likeness (QED) is 0.851. The molecule has 4 rings (SSSR count). The summed E-state index contributed by atoms with van der Waals surface area (Å²) in [6, 6.07) is 0. The predicted octanol–water partition coefficient (Wildman–Crippen LogP) is 2.73. The number of nitrogens with zero attached hydrogens (tertiary/aromatic N) is 4. The van der Waals surface area contributed by atoms with Gasteiger partial charge in [0.15, 0.2) is 0 Å². The Labute approximate surface area is 147 Å². The molecule has 0 bridgehead atoms. The fourth-order valence-electron chi connectivity index (χ4n) is 4.07. The van der Waals surface area contributed by atoms with Crippen molar-refractivity contribution in [2.45, 2.75) is 45.3 Å². The molecule has 0 unspecified atom stereocenters. The number of fused-ring (bicyclic) bond motifs is 3. The summed E-state index contributed by atoms with van der Waals surface area (Å²) in [4.78, 5) is 16.6. The summed E-state index contributed by atoms with van der Waals surface area (Å²) in [5.74, 6) is 1.11. The van der Waals surface area contributed by atoms with E-state index in [0.29, 0.717) is 12.2 Å². The van der Waals surface area contributed by atoms with Crippen LogP contribution < -0.4 is 4.90 Å². The van der Waals surface area contributed by atoms with Gasteiger partial charge in [0.05, 0.1) is 17.6 Å². The average molecular weight is 347 g/mol. The maximum absolute atomic E-state index is 5.83. The summed E-state index contributed by atoms with van der Waals surface area (Å²) in [7, 11) is 2.16. The first-order valence-electron chi connectivity index (χ1n) is 8.96. The lowest BCUT2D eigenvalue weighted by molar-refractivity contribution is -0.0670. The van der Waals surface area contributed by atoms with E-state index in [-0.39, 0.29) is 0 Å². The Bertz CT molecular complexity index is 721. The van der Waals surface area contributed by atoms with E-state index in [1.165, 1.54) is 35.1 Å². The van der Waals surface area contributed by atoms with E-state index < -0.39 is 0 Å². The standard InChI is InChI=1S/C18H26N4OS/c1-12-9-22(10-13(2)23-12)8-7-21(3)17-16-14-5-4-6-15(14)24-18(16)20-11-19-17/h11-13H,4-10H2,1-3H3/t12-,13+. The van der Waals surface area contributed by atoms with Gasteiger partial charge in [-0.1, -0.05) is 0 Å². The maximum atomic E-state index is 5.83. The molecule has 1 saturated heterocycles. The van der Waals surface area contributed by atoms with Crippen LogP contribution in [0.4, 0.5) is 5.82 Å². The molecule has 1 fully saturated rings. The topological polar surface area (TPSA) is 41.5 Å². The molecule has 2 atom stereocenters. The van der Waals surface area contributed by atoms with Gasteiger partial charge >= 0.3 is 0 Å². The van der Waals surface area contributed by atoms with Crippen LogP contribution in [0.5, 0.6) is 0 Å². The molecule has 0 N–H and O–H groups in total. The molecule has 0 amide bonds. The second kappa shape index (κ2) is 6.58. The molecule has 3 heterocycles. The summed E-state index contributed by atoms with van der Waals surface area (Å²) in [6.07, 6.45) is 6.04. The number of aromatic nitrogens is 2. The molecule has 2 aromatic rings. The lowest BCUT2D eigenvalue weighted by Gasteiger charge is -2.36. The van der Waals surface area contributed by atoms with E-state index >= 15 is 0 Å². The van der Waals surface area contributed by atoms with Gasteiger partial charge in [-0.2, -0.15) is 0 Å². The van der Waals surface area contributed by atoms with Crippen molar-refractivity contribution in [2.24, 2.45) is 0 Å². The van der Waals surface area contributed by atoms with Crippen LogP contribution in [0.15, 0.2) is 6.33 Å². The second-order valence-electron chi connectivity index (χ2n) is 7.17. The molecule has 6 heteroatoms. The second-order valence-corrected chi connectivity index (χ2v) is 8.26. The summed E-state index contributed by atoms with van der Waals surface area (Å²) < 4.78 is 5.83. The minimum atomic E-state index is 0.324. The summed E-state index contributed by atoms with van der Waals surface area (Å²) in [5, 5.41) is 1.31. The van der Waals surface area contributed by atoms with Crippen molar-refractivity contribution >= 4 is 27.4 Å². The van der Waals surface area contributed by atoms with Gasteiger partial charge in [-0.3, -0.25) is 4.90 Å². The number of aryl methyl sites for hydroxylation is 2. The normalized spacial score (nSPS) is 24.5. The van der Waals surface area contributed by atoms with Crippen LogP contribution in [0.3, 0.4) is 0 Å². The van der Waals surface area contributed by atoms with Gasteiger partial charge in [0.25, 0.3) is 0 Å². The molecule has 2 aliphatic rings.